The van der Waals surface area contributed by atoms with Crippen molar-refractivity contribution in [3.05, 3.63) is 58.6 Å². The molecular weight excluding hydrogens is 482 g/mol. The summed E-state index contributed by atoms with van der Waals surface area (Å²) in [6.07, 6.45) is 6.34. The van der Waals surface area contributed by atoms with Gasteiger partial charge in [0.05, 0.1) is 23.2 Å². The molecule has 0 aromatic heterocycles. The van der Waals surface area contributed by atoms with Crippen LogP contribution < -0.4 is 14.9 Å². The number of benzene rings is 2. The van der Waals surface area contributed by atoms with Gasteiger partial charge >= 0.3 is 0 Å². The van der Waals surface area contributed by atoms with Crippen LogP contribution in [-0.4, -0.2) is 39.1 Å². The van der Waals surface area contributed by atoms with E-state index in [1.54, 1.807) is 48.5 Å². The van der Waals surface area contributed by atoms with Gasteiger partial charge in [0.1, 0.15) is 6.54 Å². The number of anilines is 2. The summed E-state index contributed by atoms with van der Waals surface area (Å²) in [5.74, 6) is -0.776. The maximum absolute atomic E-state index is 12.8. The molecule has 0 atom stereocenters. The minimum atomic E-state index is -3.69. The van der Waals surface area contributed by atoms with E-state index in [9.17, 15) is 18.0 Å². The Kier molecular flexibility index (Phi) is 7.72. The monoisotopic (exact) mass is 507 g/mol. The Hall–Kier alpha value is -2.39. The van der Waals surface area contributed by atoms with Crippen LogP contribution in [0.5, 0.6) is 0 Å². The van der Waals surface area contributed by atoms with E-state index in [-0.39, 0.29) is 11.9 Å². The number of nitrogens with one attached hydrogen (secondary N) is 2. The van der Waals surface area contributed by atoms with Gasteiger partial charge in [0.2, 0.25) is 15.9 Å². The van der Waals surface area contributed by atoms with Gasteiger partial charge in [-0.1, -0.05) is 47.3 Å². The zero-order valence-corrected chi connectivity index (χ0v) is 19.7. The van der Waals surface area contributed by atoms with Crippen LogP contribution in [-0.2, 0) is 14.8 Å². The predicted molar refractivity (Wildman–Crippen MR) is 126 cm³/mol. The second-order valence-electron chi connectivity index (χ2n) is 7.65. The smallest absolute Gasteiger partial charge is 0.253 e. The fraction of sp³-hybridized carbons (Fsp3) is 0.364. The molecule has 0 bridgehead atoms. The third kappa shape index (κ3) is 6.54. The standard InChI is InChI=1S/C22H26BrN3O4S/c1-31(29,30)26(18-13-11-16(23)12-14-18)15-21(27)25-20-10-6-5-9-19(20)22(28)24-17-7-3-2-4-8-17/h5-6,9-14,17H,2-4,7-8,15H2,1H3,(H,24,28)(H,25,27). The molecule has 1 fully saturated rings. The average Bonchev–Trinajstić information content (AvgIpc) is 2.73. The third-order valence-electron chi connectivity index (χ3n) is 5.19. The molecule has 7 nitrogen and oxygen atoms in total. The Bertz CT molecular complexity index is 1030. The largest absolute Gasteiger partial charge is 0.349 e. The lowest BCUT2D eigenvalue weighted by Gasteiger charge is -2.24. The molecule has 31 heavy (non-hydrogen) atoms. The van der Waals surface area contributed by atoms with Gasteiger partial charge in [0.25, 0.3) is 5.91 Å². The van der Waals surface area contributed by atoms with Crippen LogP contribution in [0.3, 0.4) is 0 Å². The predicted octanol–water partition coefficient (Wildman–Crippen LogP) is 3.92. The number of hydrogen-bond acceptors (Lipinski definition) is 4. The van der Waals surface area contributed by atoms with E-state index in [4.69, 9.17) is 0 Å². The van der Waals surface area contributed by atoms with Crippen LogP contribution in [0, 0.1) is 0 Å². The molecule has 2 N–H and O–H groups in total. The van der Waals surface area contributed by atoms with Crippen molar-refractivity contribution in [2.24, 2.45) is 0 Å². The number of amides is 2. The quantitative estimate of drug-likeness (QED) is 0.593. The van der Waals surface area contributed by atoms with Crippen molar-refractivity contribution in [3.63, 3.8) is 0 Å². The highest BCUT2D eigenvalue weighted by Gasteiger charge is 2.23. The first kappa shape index (κ1) is 23.3. The van der Waals surface area contributed by atoms with Crippen LogP contribution in [0.2, 0.25) is 0 Å². The number of rotatable bonds is 7. The molecule has 0 radical (unpaired) electrons. The Morgan fingerprint density at radius 3 is 2.32 bits per heavy atom. The maximum atomic E-state index is 12.8. The Labute approximate surface area is 191 Å². The third-order valence-corrected chi connectivity index (χ3v) is 6.86. The number of sulfonamides is 1. The van der Waals surface area contributed by atoms with Crippen molar-refractivity contribution in [1.29, 1.82) is 0 Å². The molecule has 0 heterocycles. The van der Waals surface area contributed by atoms with Gasteiger partial charge in [-0.05, 0) is 49.2 Å². The zero-order chi connectivity index (χ0) is 22.4. The molecule has 166 valence electrons. The summed E-state index contributed by atoms with van der Waals surface area (Å²) in [7, 11) is -3.69. The lowest BCUT2D eigenvalue weighted by Crippen LogP contribution is -2.38. The Morgan fingerprint density at radius 1 is 1.03 bits per heavy atom. The number of para-hydroxylation sites is 1. The van der Waals surface area contributed by atoms with Crippen molar-refractivity contribution in [1.82, 2.24) is 5.32 Å². The second kappa shape index (κ2) is 10.3. The SMILES string of the molecule is CS(=O)(=O)N(CC(=O)Nc1ccccc1C(=O)NC1CCCCC1)c1ccc(Br)cc1. The number of hydrogen-bond donors (Lipinski definition) is 2. The fourth-order valence-corrected chi connectivity index (χ4v) is 4.75. The fourth-order valence-electron chi connectivity index (χ4n) is 3.63. The molecule has 2 aromatic rings. The highest BCUT2D eigenvalue weighted by atomic mass is 79.9. The van der Waals surface area contributed by atoms with E-state index in [2.05, 4.69) is 26.6 Å². The van der Waals surface area contributed by atoms with Crippen LogP contribution in [0.1, 0.15) is 42.5 Å². The van der Waals surface area contributed by atoms with Crippen molar-refractivity contribution in [3.8, 4) is 0 Å². The molecule has 2 amide bonds. The van der Waals surface area contributed by atoms with Gasteiger partial charge in [-0.3, -0.25) is 13.9 Å². The second-order valence-corrected chi connectivity index (χ2v) is 10.5. The summed E-state index contributed by atoms with van der Waals surface area (Å²) in [4.78, 5) is 25.5. The summed E-state index contributed by atoms with van der Waals surface area (Å²) in [5.41, 5.74) is 1.09. The molecular formula is C22H26BrN3O4S. The van der Waals surface area contributed by atoms with Crippen molar-refractivity contribution in [2.75, 3.05) is 22.4 Å². The molecule has 9 heteroatoms. The topological polar surface area (TPSA) is 95.6 Å². The minimum Gasteiger partial charge on any atom is -0.349 e. The molecule has 0 aliphatic heterocycles. The number of carbonyl (C=O) groups excluding carboxylic acids is 2. The number of halogens is 1. The van der Waals surface area contributed by atoms with Crippen molar-refractivity contribution >= 4 is 49.1 Å². The molecule has 0 saturated heterocycles. The molecule has 1 aliphatic carbocycles. The lowest BCUT2D eigenvalue weighted by atomic mass is 9.95. The number of nitrogens with zero attached hydrogens (tertiary/aromatic N) is 1. The van der Waals surface area contributed by atoms with E-state index in [1.165, 1.54) is 6.42 Å². The van der Waals surface area contributed by atoms with Crippen LogP contribution >= 0.6 is 15.9 Å². The number of carbonyl (C=O) groups is 2. The summed E-state index contributed by atoms with van der Waals surface area (Å²) >= 11 is 3.31. The van der Waals surface area contributed by atoms with Gasteiger partial charge < -0.3 is 10.6 Å². The van der Waals surface area contributed by atoms with Gasteiger partial charge in [-0.2, -0.15) is 0 Å². The Morgan fingerprint density at radius 2 is 1.68 bits per heavy atom. The zero-order valence-electron chi connectivity index (χ0n) is 17.3. The van der Waals surface area contributed by atoms with E-state index < -0.39 is 22.5 Å². The summed E-state index contributed by atoms with van der Waals surface area (Å²) in [5, 5.41) is 5.74. The van der Waals surface area contributed by atoms with Crippen molar-refractivity contribution in [2.45, 2.75) is 38.1 Å². The van der Waals surface area contributed by atoms with Crippen molar-refractivity contribution < 1.29 is 18.0 Å². The molecule has 3 rings (SSSR count). The van der Waals surface area contributed by atoms with Crippen LogP contribution in [0.15, 0.2) is 53.0 Å². The maximum Gasteiger partial charge on any atom is 0.253 e. The van der Waals surface area contributed by atoms with Gasteiger partial charge in [-0.25, -0.2) is 8.42 Å². The van der Waals surface area contributed by atoms with Gasteiger partial charge in [-0.15, -0.1) is 0 Å². The van der Waals surface area contributed by atoms with Gasteiger partial charge in [0.15, 0.2) is 0 Å². The van der Waals surface area contributed by atoms with Gasteiger partial charge in [0, 0.05) is 10.5 Å². The highest BCUT2D eigenvalue weighted by Crippen LogP contribution is 2.22. The summed E-state index contributed by atoms with van der Waals surface area (Å²) in [6.45, 7) is -0.404. The first-order valence-corrected chi connectivity index (χ1v) is 12.8. The molecule has 1 aliphatic rings. The summed E-state index contributed by atoms with van der Waals surface area (Å²) < 4.78 is 26.4. The normalized spacial score (nSPS) is 14.6. The van der Waals surface area contributed by atoms with E-state index in [0.29, 0.717) is 16.9 Å². The first-order chi connectivity index (χ1) is 14.7. The lowest BCUT2D eigenvalue weighted by molar-refractivity contribution is -0.114. The molecule has 0 unspecified atom stereocenters. The van der Waals surface area contributed by atoms with E-state index in [1.807, 2.05) is 0 Å². The summed E-state index contributed by atoms with van der Waals surface area (Å²) in [6, 6.07) is 13.5. The average molecular weight is 508 g/mol. The Balaban J connectivity index is 1.73. The van der Waals surface area contributed by atoms with Crippen LogP contribution in [0.4, 0.5) is 11.4 Å². The van der Waals surface area contributed by atoms with Crippen LogP contribution in [0.25, 0.3) is 0 Å². The highest BCUT2D eigenvalue weighted by molar-refractivity contribution is 9.10. The molecule has 1 saturated carbocycles. The molecule has 0 spiro atoms. The first-order valence-electron chi connectivity index (χ1n) is 10.2. The van der Waals surface area contributed by atoms with E-state index in [0.717, 1.165) is 40.7 Å². The molecule has 2 aromatic carbocycles. The van der Waals surface area contributed by atoms with E-state index >= 15 is 0 Å². The minimum absolute atomic E-state index is 0.142.